The summed E-state index contributed by atoms with van der Waals surface area (Å²) in [4.78, 5) is 51.4. The van der Waals surface area contributed by atoms with Gasteiger partial charge in [0.15, 0.2) is 0 Å². The number of ether oxygens (including phenoxy) is 1. The summed E-state index contributed by atoms with van der Waals surface area (Å²) in [5, 5.41) is 16.6. The molecule has 274 valence electrons. The molecule has 0 bridgehead atoms. The lowest BCUT2D eigenvalue weighted by Gasteiger charge is -2.48. The average Bonchev–Trinajstić information content (AvgIpc) is 3.82. The van der Waals surface area contributed by atoms with E-state index in [1.165, 1.54) is 28.3 Å². The first-order valence-corrected chi connectivity index (χ1v) is 19.5. The van der Waals surface area contributed by atoms with Gasteiger partial charge in [-0.1, -0.05) is 56.3 Å². The molecule has 1 aliphatic carbocycles. The van der Waals surface area contributed by atoms with E-state index in [1.54, 1.807) is 4.90 Å². The van der Waals surface area contributed by atoms with Gasteiger partial charge < -0.3 is 25.2 Å². The van der Waals surface area contributed by atoms with Crippen LogP contribution in [-0.2, 0) is 42.1 Å². The highest BCUT2D eigenvalue weighted by molar-refractivity contribution is 7.85. The summed E-state index contributed by atoms with van der Waals surface area (Å²) in [6.07, 6.45) is 5.12. The number of hydrogen-bond donors (Lipinski definition) is 4. The number of likely N-dealkylation sites (N-methyl/N-ethyl adjacent to an activating group) is 1. The molecule has 14 heteroatoms. The molecule has 4 aliphatic heterocycles. The maximum atomic E-state index is 14.6. The minimum Gasteiger partial charge on any atom is -0.361 e. The first kappa shape index (κ1) is 35.6. The van der Waals surface area contributed by atoms with Crippen LogP contribution in [0.25, 0.3) is 10.9 Å². The molecular weight excluding hydrogens is 675 g/mol. The second kappa shape index (κ2) is 13.0. The Labute approximate surface area is 298 Å². The van der Waals surface area contributed by atoms with Crippen LogP contribution >= 0.6 is 0 Å². The third kappa shape index (κ3) is 5.94. The average molecular weight is 722 g/mol. The number of fused-ring (bicyclic) bond motifs is 5. The van der Waals surface area contributed by atoms with Crippen molar-refractivity contribution in [2.45, 2.75) is 88.6 Å². The van der Waals surface area contributed by atoms with Crippen LogP contribution in [0.1, 0.15) is 62.6 Å². The van der Waals surface area contributed by atoms with Gasteiger partial charge in [0.05, 0.1) is 11.7 Å². The van der Waals surface area contributed by atoms with E-state index in [0.717, 1.165) is 17.5 Å². The van der Waals surface area contributed by atoms with E-state index in [0.29, 0.717) is 32.4 Å². The number of benzene rings is 2. The summed E-state index contributed by atoms with van der Waals surface area (Å²) in [6, 6.07) is 14.5. The van der Waals surface area contributed by atoms with Crippen LogP contribution in [0.4, 0.5) is 0 Å². The monoisotopic (exact) mass is 721 g/mol. The number of aromatic amines is 1. The van der Waals surface area contributed by atoms with Gasteiger partial charge in [-0.25, -0.2) is 0 Å². The number of piperazine rings is 1. The molecule has 7 atom stereocenters. The third-order valence-corrected chi connectivity index (χ3v) is 12.3. The van der Waals surface area contributed by atoms with Crippen molar-refractivity contribution < 1.29 is 37.2 Å². The predicted octanol–water partition coefficient (Wildman–Crippen LogP) is 2.61. The van der Waals surface area contributed by atoms with Gasteiger partial charge in [0, 0.05) is 54.5 Å². The Balaban J connectivity index is 0.000000625. The van der Waals surface area contributed by atoms with Crippen LogP contribution in [0.2, 0.25) is 0 Å². The number of hydrogen-bond acceptors (Lipinski definition) is 8. The molecule has 1 aromatic heterocycles. The molecule has 0 spiro atoms. The van der Waals surface area contributed by atoms with Crippen molar-refractivity contribution in [1.29, 1.82) is 0 Å². The molecule has 4 N–H and O–H groups in total. The molecule has 2 aromatic carbocycles. The van der Waals surface area contributed by atoms with Gasteiger partial charge in [0.25, 0.3) is 21.9 Å². The molecule has 4 fully saturated rings. The Morgan fingerprint density at radius 2 is 1.86 bits per heavy atom. The summed E-state index contributed by atoms with van der Waals surface area (Å²) in [5.41, 5.74) is 2.75. The standard InChI is InChI=1S/C35H41N5O5.C2H6O3S/c1-20(2)34(37-31(41)23-16-25-24-11-7-12-26-30(24)22(18-36-26)17-27(25)38(3)19-23)33(43)40-28(15-21-9-5-4-6-10-21)32(42)39-14-8-13-29(39)35(40,44)45-34;1-2-6(3,4)5/h4-7,9-12,18,20,23,25,27-29,36,44H,8,13-17,19H2,1-3H3,(H,37,41);2H2,1H3,(H,3,4,5)/t23-,25-,27-,28+,29+,34-,35+;/m1./s1. The van der Waals surface area contributed by atoms with Gasteiger partial charge in [-0.3, -0.25) is 28.6 Å². The lowest BCUT2D eigenvalue weighted by molar-refractivity contribution is -0.321. The fourth-order valence-corrected chi connectivity index (χ4v) is 8.99. The van der Waals surface area contributed by atoms with Crippen molar-refractivity contribution in [3.8, 4) is 0 Å². The molecule has 0 saturated carbocycles. The van der Waals surface area contributed by atoms with Crippen molar-refractivity contribution in [1.82, 2.24) is 25.0 Å². The number of carbonyl (C=O) groups is 3. The number of aliphatic hydroxyl groups is 1. The Morgan fingerprint density at radius 1 is 1.14 bits per heavy atom. The largest absolute Gasteiger partial charge is 0.361 e. The molecular formula is C37H47N5O8S. The van der Waals surface area contributed by atoms with Crippen LogP contribution in [0.15, 0.2) is 54.7 Å². The molecule has 0 radical (unpaired) electrons. The molecule has 3 amide bonds. The van der Waals surface area contributed by atoms with Gasteiger partial charge in [0.1, 0.15) is 12.1 Å². The summed E-state index contributed by atoms with van der Waals surface area (Å²) in [7, 11) is -1.59. The number of H-pyrrole nitrogens is 1. The summed E-state index contributed by atoms with van der Waals surface area (Å²) in [6.45, 7) is 6.05. The van der Waals surface area contributed by atoms with E-state index >= 15 is 0 Å². The van der Waals surface area contributed by atoms with E-state index in [2.05, 4.69) is 46.6 Å². The second-order valence-corrected chi connectivity index (χ2v) is 16.7. The number of amides is 3. The van der Waals surface area contributed by atoms with Gasteiger partial charge in [0.2, 0.25) is 17.5 Å². The molecule has 0 unspecified atom stereocenters. The topological polar surface area (TPSA) is 173 Å². The van der Waals surface area contributed by atoms with Crippen molar-refractivity contribution in [2.75, 3.05) is 25.9 Å². The number of rotatable bonds is 6. The highest BCUT2D eigenvalue weighted by Gasteiger charge is 2.72. The van der Waals surface area contributed by atoms with Crippen LogP contribution < -0.4 is 5.32 Å². The van der Waals surface area contributed by atoms with Crippen molar-refractivity contribution in [2.24, 2.45) is 11.8 Å². The Hall–Kier alpha value is -3.82. The predicted molar refractivity (Wildman–Crippen MR) is 189 cm³/mol. The van der Waals surface area contributed by atoms with Crippen molar-refractivity contribution in [3.05, 3.63) is 71.4 Å². The smallest absolute Gasteiger partial charge is 0.281 e. The SMILES string of the molecule is CC(C)[C@@]1(NC(=O)[C@@H]2C[C@@H]3c4cccc5[nH]cc(c45)C[C@H]3N(C)C2)O[C@@]2(O)[C@@H]3CCCN3C(=O)[C@H](Cc3ccccc3)N2C1=O.CCS(=O)(=O)O. The fourth-order valence-electron chi connectivity index (χ4n) is 8.99. The molecule has 3 aromatic rings. The van der Waals surface area contributed by atoms with E-state index < -0.39 is 51.6 Å². The Bertz CT molecular complexity index is 1950. The van der Waals surface area contributed by atoms with Gasteiger partial charge >= 0.3 is 0 Å². The zero-order chi connectivity index (χ0) is 36.5. The van der Waals surface area contributed by atoms with Crippen molar-refractivity contribution >= 4 is 38.7 Å². The minimum atomic E-state index is -3.66. The summed E-state index contributed by atoms with van der Waals surface area (Å²) in [5.74, 6) is -4.00. The number of nitrogens with one attached hydrogen (secondary N) is 2. The lowest BCUT2D eigenvalue weighted by Crippen LogP contribution is -2.71. The van der Waals surface area contributed by atoms with E-state index in [1.807, 2.05) is 44.2 Å². The van der Waals surface area contributed by atoms with E-state index in [4.69, 9.17) is 9.29 Å². The molecule has 4 saturated heterocycles. The maximum Gasteiger partial charge on any atom is 0.281 e. The van der Waals surface area contributed by atoms with Gasteiger partial charge in [-0.2, -0.15) is 8.42 Å². The first-order chi connectivity index (χ1) is 24.2. The van der Waals surface area contributed by atoms with Crippen LogP contribution in [0.5, 0.6) is 0 Å². The number of nitrogens with zero attached hydrogens (tertiary/aromatic N) is 3. The zero-order valence-corrected chi connectivity index (χ0v) is 30.2. The third-order valence-electron chi connectivity index (χ3n) is 11.6. The first-order valence-electron chi connectivity index (χ1n) is 17.9. The number of aromatic nitrogens is 1. The fraction of sp³-hybridized carbons (Fsp3) is 0.541. The van der Waals surface area contributed by atoms with Crippen LogP contribution in [0, 0.1) is 11.8 Å². The van der Waals surface area contributed by atoms with E-state index in [9.17, 15) is 27.9 Å². The Morgan fingerprint density at radius 3 is 2.55 bits per heavy atom. The Kier molecular flexibility index (Phi) is 9.06. The van der Waals surface area contributed by atoms with Gasteiger partial charge in [-0.15, -0.1) is 0 Å². The normalized spacial score (nSPS) is 31.6. The number of carbonyl (C=O) groups excluding carboxylic acids is 3. The molecule has 5 heterocycles. The van der Waals surface area contributed by atoms with Crippen molar-refractivity contribution in [3.63, 3.8) is 0 Å². The maximum absolute atomic E-state index is 14.6. The highest BCUT2D eigenvalue weighted by atomic mass is 32.2. The van der Waals surface area contributed by atoms with Crippen LogP contribution in [0.3, 0.4) is 0 Å². The van der Waals surface area contributed by atoms with Gasteiger partial charge in [-0.05, 0) is 62.4 Å². The molecule has 5 aliphatic rings. The quantitative estimate of drug-likeness (QED) is 0.279. The molecule has 13 nitrogen and oxygen atoms in total. The second-order valence-electron chi connectivity index (χ2n) is 14.9. The number of likely N-dealkylation sites (tertiary alicyclic amines) is 1. The van der Waals surface area contributed by atoms with Crippen LogP contribution in [-0.4, -0.2) is 111 Å². The summed E-state index contributed by atoms with van der Waals surface area (Å²) >= 11 is 0. The lowest BCUT2D eigenvalue weighted by atomic mass is 9.72. The summed E-state index contributed by atoms with van der Waals surface area (Å²) < 4.78 is 33.4. The number of piperidine rings is 1. The highest BCUT2D eigenvalue weighted by Crippen LogP contribution is 2.49. The van der Waals surface area contributed by atoms with E-state index in [-0.39, 0.29) is 35.9 Å². The minimum absolute atomic E-state index is 0.164. The zero-order valence-electron chi connectivity index (χ0n) is 29.4. The molecule has 8 rings (SSSR count). The molecule has 51 heavy (non-hydrogen) atoms.